The fourth-order valence-corrected chi connectivity index (χ4v) is 3.51. The molecule has 0 aromatic carbocycles. The largest absolute Gasteiger partial charge is 0.391 e. The third kappa shape index (κ3) is 2.95. The van der Waals surface area contributed by atoms with Gasteiger partial charge in [-0.25, -0.2) is 0 Å². The van der Waals surface area contributed by atoms with Gasteiger partial charge < -0.3 is 9.84 Å². The molecule has 0 aromatic heterocycles. The zero-order chi connectivity index (χ0) is 13.0. The van der Waals surface area contributed by atoms with Gasteiger partial charge in [0, 0.05) is 18.6 Å². The fourth-order valence-electron chi connectivity index (χ4n) is 3.51. The van der Waals surface area contributed by atoms with Crippen LogP contribution in [0.2, 0.25) is 0 Å². The summed E-state index contributed by atoms with van der Waals surface area (Å²) in [5, 5.41) is 10.7. The molecule has 0 amide bonds. The molecule has 1 aliphatic carbocycles. The number of hydrogen-bond acceptors (Lipinski definition) is 3. The van der Waals surface area contributed by atoms with Gasteiger partial charge in [0.05, 0.1) is 19.3 Å². The molecule has 1 saturated heterocycles. The summed E-state index contributed by atoms with van der Waals surface area (Å²) in [4.78, 5) is 2.49. The lowest BCUT2D eigenvalue weighted by Crippen LogP contribution is -2.58. The van der Waals surface area contributed by atoms with Crippen LogP contribution in [0.4, 0.5) is 0 Å². The van der Waals surface area contributed by atoms with Crippen molar-refractivity contribution in [3.63, 3.8) is 0 Å². The van der Waals surface area contributed by atoms with E-state index >= 15 is 0 Å². The Bertz CT molecular complexity index is 278. The van der Waals surface area contributed by atoms with Crippen molar-refractivity contribution in [2.24, 2.45) is 0 Å². The lowest BCUT2D eigenvalue weighted by atomic mass is 9.84. The first-order valence-corrected chi connectivity index (χ1v) is 7.30. The Kier molecular flexibility index (Phi) is 4.82. The van der Waals surface area contributed by atoms with Crippen molar-refractivity contribution in [1.29, 1.82) is 0 Å². The molecule has 18 heavy (non-hydrogen) atoms. The molecule has 1 N–H and O–H groups in total. The number of aliphatic hydroxyl groups excluding tert-OH is 1. The monoisotopic (exact) mass is 253 g/mol. The first-order valence-electron chi connectivity index (χ1n) is 7.30. The number of nitrogens with zero attached hydrogens (tertiary/aromatic N) is 1. The van der Waals surface area contributed by atoms with Crippen molar-refractivity contribution >= 4 is 0 Å². The van der Waals surface area contributed by atoms with Crippen molar-refractivity contribution in [3.05, 3.63) is 12.2 Å². The minimum atomic E-state index is -0.213. The maximum atomic E-state index is 10.7. The topological polar surface area (TPSA) is 32.7 Å². The third-order valence-corrected chi connectivity index (χ3v) is 4.58. The summed E-state index contributed by atoms with van der Waals surface area (Å²) in [6.45, 7) is 9.57. The van der Waals surface area contributed by atoms with E-state index in [1.807, 2.05) is 6.92 Å². The molecule has 0 radical (unpaired) electrons. The number of hydrogen-bond donors (Lipinski definition) is 1. The van der Waals surface area contributed by atoms with Crippen molar-refractivity contribution in [3.8, 4) is 0 Å². The van der Waals surface area contributed by atoms with Gasteiger partial charge in [-0.15, -0.1) is 6.58 Å². The number of rotatable bonds is 5. The molecular weight excluding hydrogens is 226 g/mol. The van der Waals surface area contributed by atoms with Crippen LogP contribution in [-0.2, 0) is 4.74 Å². The second-order valence-electron chi connectivity index (χ2n) is 5.92. The molecule has 3 nitrogen and oxygen atoms in total. The van der Waals surface area contributed by atoms with Gasteiger partial charge in [0.15, 0.2) is 0 Å². The van der Waals surface area contributed by atoms with E-state index in [2.05, 4.69) is 11.5 Å². The van der Waals surface area contributed by atoms with E-state index < -0.39 is 0 Å². The van der Waals surface area contributed by atoms with E-state index in [4.69, 9.17) is 4.74 Å². The molecule has 1 heterocycles. The molecule has 0 spiro atoms. The van der Waals surface area contributed by atoms with Crippen LogP contribution in [0.5, 0.6) is 0 Å². The van der Waals surface area contributed by atoms with Gasteiger partial charge in [-0.1, -0.05) is 18.4 Å². The van der Waals surface area contributed by atoms with Crippen molar-refractivity contribution < 1.29 is 9.84 Å². The highest BCUT2D eigenvalue weighted by molar-refractivity contribution is 5.02. The van der Waals surface area contributed by atoms with Gasteiger partial charge >= 0.3 is 0 Å². The Hall–Kier alpha value is -0.380. The minimum Gasteiger partial charge on any atom is -0.391 e. The number of ether oxygens (including phenoxy) is 1. The normalized spacial score (nSPS) is 26.1. The van der Waals surface area contributed by atoms with Gasteiger partial charge in [0.25, 0.3) is 0 Å². The molecule has 1 saturated carbocycles. The summed E-state index contributed by atoms with van der Waals surface area (Å²) in [5.74, 6) is 0. The summed E-state index contributed by atoms with van der Waals surface area (Å²) in [5.41, 5.74) is 1.20. The predicted octanol–water partition coefficient (Wildman–Crippen LogP) is 2.35. The van der Waals surface area contributed by atoms with Crippen LogP contribution in [0.15, 0.2) is 12.2 Å². The van der Waals surface area contributed by atoms with E-state index in [1.165, 1.54) is 18.4 Å². The number of morpholine rings is 1. The van der Waals surface area contributed by atoms with Crippen LogP contribution in [0.3, 0.4) is 0 Å². The third-order valence-electron chi connectivity index (χ3n) is 4.58. The first-order chi connectivity index (χ1) is 8.65. The van der Waals surface area contributed by atoms with Crippen LogP contribution < -0.4 is 0 Å². The van der Waals surface area contributed by atoms with Gasteiger partial charge in [0.2, 0.25) is 0 Å². The van der Waals surface area contributed by atoms with E-state index in [9.17, 15) is 5.11 Å². The molecule has 0 bridgehead atoms. The zero-order valence-corrected chi connectivity index (χ0v) is 11.7. The zero-order valence-electron chi connectivity index (χ0n) is 11.7. The maximum Gasteiger partial charge on any atom is 0.0726 e. The summed E-state index contributed by atoms with van der Waals surface area (Å²) < 4.78 is 5.44. The Morgan fingerprint density at radius 3 is 2.50 bits per heavy atom. The van der Waals surface area contributed by atoms with Crippen LogP contribution in [-0.4, -0.2) is 48.0 Å². The molecule has 1 atom stereocenters. The Balaban J connectivity index is 2.02. The van der Waals surface area contributed by atoms with Gasteiger partial charge in [-0.2, -0.15) is 0 Å². The van der Waals surface area contributed by atoms with E-state index in [-0.39, 0.29) is 11.6 Å². The van der Waals surface area contributed by atoms with Gasteiger partial charge in [-0.3, -0.25) is 4.90 Å². The van der Waals surface area contributed by atoms with Crippen molar-refractivity contribution in [1.82, 2.24) is 4.90 Å². The maximum absolute atomic E-state index is 10.7. The Morgan fingerprint density at radius 2 is 1.94 bits per heavy atom. The quantitative estimate of drug-likeness (QED) is 0.763. The Morgan fingerprint density at radius 1 is 1.33 bits per heavy atom. The van der Waals surface area contributed by atoms with Crippen LogP contribution >= 0.6 is 0 Å². The average Bonchev–Trinajstić information content (AvgIpc) is 2.87. The minimum absolute atomic E-state index is 0.0270. The average molecular weight is 253 g/mol. The Labute approximate surface area is 111 Å². The molecule has 3 heteroatoms. The standard InChI is InChI=1S/C15H27NO2/c1-13(2)5-6-14(17)15(7-3-4-8-15)16-9-11-18-12-10-16/h14,17H,1,3-12H2,2H3. The summed E-state index contributed by atoms with van der Waals surface area (Å²) >= 11 is 0. The second-order valence-corrected chi connectivity index (χ2v) is 5.92. The van der Waals surface area contributed by atoms with Crippen molar-refractivity contribution in [2.45, 2.75) is 57.1 Å². The van der Waals surface area contributed by atoms with Crippen molar-refractivity contribution in [2.75, 3.05) is 26.3 Å². The summed E-state index contributed by atoms with van der Waals surface area (Å²) in [6, 6.07) is 0. The molecule has 1 unspecified atom stereocenters. The van der Waals surface area contributed by atoms with Crippen LogP contribution in [0, 0.1) is 0 Å². The number of aliphatic hydroxyl groups is 1. The van der Waals surface area contributed by atoms with E-state index in [0.29, 0.717) is 0 Å². The fraction of sp³-hybridized carbons (Fsp3) is 0.867. The summed E-state index contributed by atoms with van der Waals surface area (Å²) in [6.07, 6.45) is 6.37. The summed E-state index contributed by atoms with van der Waals surface area (Å²) in [7, 11) is 0. The predicted molar refractivity (Wildman–Crippen MR) is 73.6 cm³/mol. The smallest absolute Gasteiger partial charge is 0.0726 e. The highest BCUT2D eigenvalue weighted by Gasteiger charge is 2.45. The highest BCUT2D eigenvalue weighted by atomic mass is 16.5. The van der Waals surface area contributed by atoms with Crippen LogP contribution in [0.1, 0.15) is 45.4 Å². The molecule has 0 aromatic rings. The molecule has 1 aliphatic heterocycles. The SMILES string of the molecule is C=C(C)CCC(O)C1(N2CCOCC2)CCCC1. The molecule has 104 valence electrons. The highest BCUT2D eigenvalue weighted by Crippen LogP contribution is 2.40. The van der Waals surface area contributed by atoms with Crippen LogP contribution in [0.25, 0.3) is 0 Å². The first kappa shape index (κ1) is 14.0. The lowest BCUT2D eigenvalue weighted by Gasteiger charge is -2.46. The molecular formula is C15H27NO2. The molecule has 2 fully saturated rings. The van der Waals surface area contributed by atoms with Gasteiger partial charge in [0.1, 0.15) is 0 Å². The van der Waals surface area contributed by atoms with Gasteiger partial charge in [-0.05, 0) is 32.6 Å². The number of allylic oxidation sites excluding steroid dienone is 1. The van der Waals surface area contributed by atoms with E-state index in [1.54, 1.807) is 0 Å². The lowest BCUT2D eigenvalue weighted by molar-refractivity contribution is -0.0777. The molecule has 2 rings (SSSR count). The second kappa shape index (κ2) is 6.18. The molecule has 2 aliphatic rings. The van der Waals surface area contributed by atoms with E-state index in [0.717, 1.165) is 52.0 Å².